The number of fused-ring (bicyclic) bond motifs is 3. The highest BCUT2D eigenvalue weighted by Gasteiger charge is 2.64. The van der Waals surface area contributed by atoms with Crippen molar-refractivity contribution in [1.29, 1.82) is 10.5 Å². The minimum atomic E-state index is -1.63. The first-order chi connectivity index (χ1) is 17.1. The summed E-state index contributed by atoms with van der Waals surface area (Å²) in [6.07, 6.45) is 3.67. The third-order valence-electron chi connectivity index (χ3n) is 6.64. The minimum absolute atomic E-state index is 0.361. The van der Waals surface area contributed by atoms with Gasteiger partial charge in [0.25, 0.3) is 0 Å². The lowest BCUT2D eigenvalue weighted by Crippen LogP contribution is -2.41. The van der Waals surface area contributed by atoms with Crippen molar-refractivity contribution in [2.24, 2.45) is 5.41 Å². The van der Waals surface area contributed by atoms with E-state index in [-0.39, 0.29) is 0 Å². The van der Waals surface area contributed by atoms with Crippen molar-refractivity contribution in [3.05, 3.63) is 59.3 Å². The van der Waals surface area contributed by atoms with Crippen molar-refractivity contribution < 1.29 is 23.7 Å². The number of nitrogens with zero attached hydrogens (tertiary/aromatic N) is 3. The fourth-order valence-electron chi connectivity index (χ4n) is 5.28. The van der Waals surface area contributed by atoms with E-state index in [2.05, 4.69) is 12.1 Å². The van der Waals surface area contributed by atoms with E-state index in [9.17, 15) is 15.3 Å². The molecular weight excluding hydrogens is 458 g/mol. The molecule has 1 saturated heterocycles. The second-order valence-electron chi connectivity index (χ2n) is 9.80. The van der Waals surface area contributed by atoms with E-state index in [1.54, 1.807) is 44.0 Å². The molecule has 0 saturated carbocycles. The minimum Gasteiger partial charge on any atom is -0.493 e. The maximum Gasteiger partial charge on any atom is 0.330 e. The Morgan fingerprint density at radius 2 is 1.61 bits per heavy atom. The molecule has 2 aromatic rings. The van der Waals surface area contributed by atoms with Crippen LogP contribution in [0.1, 0.15) is 49.4 Å². The lowest BCUT2D eigenvalue weighted by atomic mass is 9.68. The van der Waals surface area contributed by atoms with Gasteiger partial charge in [-0.2, -0.15) is 10.5 Å². The van der Waals surface area contributed by atoms with Crippen LogP contribution in [0.15, 0.2) is 42.6 Å². The van der Waals surface area contributed by atoms with Crippen molar-refractivity contribution in [2.75, 3.05) is 21.3 Å². The summed E-state index contributed by atoms with van der Waals surface area (Å²) < 4.78 is 22.4. The van der Waals surface area contributed by atoms with Crippen LogP contribution in [-0.4, -0.2) is 43.8 Å². The summed E-state index contributed by atoms with van der Waals surface area (Å²) in [6.45, 7) is 5.36. The second-order valence-corrected chi connectivity index (χ2v) is 9.80. The monoisotopic (exact) mass is 487 g/mol. The topological polar surface area (TPSA) is 105 Å². The Morgan fingerprint density at radius 1 is 1.00 bits per heavy atom. The summed E-state index contributed by atoms with van der Waals surface area (Å²) in [7, 11) is 4.48. The molecule has 3 atom stereocenters. The second kappa shape index (κ2) is 9.13. The summed E-state index contributed by atoms with van der Waals surface area (Å²) in [5.41, 5.74) is -0.182. The van der Waals surface area contributed by atoms with E-state index >= 15 is 0 Å². The third-order valence-corrected chi connectivity index (χ3v) is 6.64. The zero-order valence-corrected chi connectivity index (χ0v) is 21.2. The van der Waals surface area contributed by atoms with Gasteiger partial charge in [0.05, 0.1) is 39.5 Å². The lowest BCUT2D eigenvalue weighted by Gasteiger charge is -2.34. The average Bonchev–Trinajstić information content (AvgIpc) is 3.18. The van der Waals surface area contributed by atoms with E-state index in [1.165, 1.54) is 21.3 Å². The van der Waals surface area contributed by atoms with Crippen LogP contribution in [0.3, 0.4) is 0 Å². The molecule has 4 rings (SSSR count). The molecule has 1 fully saturated rings. The smallest absolute Gasteiger partial charge is 0.330 e. The number of methoxy groups -OCH3 is 3. The molecular formula is C28H29N3O5. The van der Waals surface area contributed by atoms with E-state index < -0.39 is 35.0 Å². The fourth-order valence-corrected chi connectivity index (χ4v) is 5.28. The molecule has 0 radical (unpaired) electrons. The molecule has 36 heavy (non-hydrogen) atoms. The van der Waals surface area contributed by atoms with Gasteiger partial charge in [-0.25, -0.2) is 4.79 Å². The molecule has 0 aliphatic carbocycles. The molecule has 0 N–H and O–H groups in total. The van der Waals surface area contributed by atoms with Gasteiger partial charge in [-0.05, 0) is 55.7 Å². The number of carbonyl (C=O) groups is 1. The Kier molecular flexibility index (Phi) is 6.32. The maximum atomic E-state index is 13.8. The standard InChI is InChI=1S/C28H29N3O5/c1-27(2,3)36-26(32)23-22(18-13-20(33-4)24(35-6)21(14-18)34-5)28(15-29,16-30)25-19-10-8-7-9-17(19)11-12-31(23)25/h7-14,22-23,25H,1-6H3/t22-,23+,25-/m1/s1. The SMILES string of the molecule is COc1cc([C@@H]2[C@@H](C(=O)OC(C)(C)C)N3C=Cc4ccccc4[C@@H]3C2(C#N)C#N)cc(OC)c1OC. The van der Waals surface area contributed by atoms with Crippen LogP contribution in [-0.2, 0) is 9.53 Å². The van der Waals surface area contributed by atoms with Crippen LogP contribution in [0.2, 0.25) is 0 Å². The number of benzene rings is 2. The quantitative estimate of drug-likeness (QED) is 0.565. The van der Waals surface area contributed by atoms with Gasteiger partial charge in [0.1, 0.15) is 11.6 Å². The first-order valence-electron chi connectivity index (χ1n) is 11.6. The van der Waals surface area contributed by atoms with Gasteiger partial charge in [-0.1, -0.05) is 24.3 Å². The molecule has 2 aromatic carbocycles. The summed E-state index contributed by atoms with van der Waals surface area (Å²) >= 11 is 0. The van der Waals surface area contributed by atoms with Crippen LogP contribution in [0.5, 0.6) is 17.2 Å². The number of hydrogen-bond acceptors (Lipinski definition) is 8. The average molecular weight is 488 g/mol. The van der Waals surface area contributed by atoms with Crippen LogP contribution in [0, 0.1) is 28.1 Å². The maximum absolute atomic E-state index is 13.8. The zero-order valence-electron chi connectivity index (χ0n) is 21.2. The highest BCUT2D eigenvalue weighted by Crippen LogP contribution is 2.60. The summed E-state index contributed by atoms with van der Waals surface area (Å²) in [4.78, 5) is 15.5. The Labute approximate surface area is 211 Å². The first kappa shape index (κ1) is 24.9. The predicted octanol–water partition coefficient (Wildman–Crippen LogP) is 4.58. The van der Waals surface area contributed by atoms with Crippen molar-refractivity contribution >= 4 is 12.0 Å². The number of esters is 1. The van der Waals surface area contributed by atoms with Crippen molar-refractivity contribution in [3.63, 3.8) is 0 Å². The number of hydrogen-bond donors (Lipinski definition) is 0. The van der Waals surface area contributed by atoms with Gasteiger partial charge >= 0.3 is 5.97 Å². The number of ether oxygens (including phenoxy) is 4. The Morgan fingerprint density at radius 3 is 2.14 bits per heavy atom. The largest absolute Gasteiger partial charge is 0.493 e. The predicted molar refractivity (Wildman–Crippen MR) is 132 cm³/mol. The molecule has 8 heteroatoms. The van der Waals surface area contributed by atoms with E-state index in [0.717, 1.165) is 11.1 Å². The normalized spacial score (nSPS) is 21.4. The van der Waals surface area contributed by atoms with Crippen LogP contribution < -0.4 is 14.2 Å². The molecule has 2 aliphatic heterocycles. The van der Waals surface area contributed by atoms with Crippen LogP contribution >= 0.6 is 0 Å². The van der Waals surface area contributed by atoms with Gasteiger partial charge in [0, 0.05) is 12.1 Å². The van der Waals surface area contributed by atoms with E-state index in [0.29, 0.717) is 22.8 Å². The van der Waals surface area contributed by atoms with Crippen LogP contribution in [0.25, 0.3) is 6.08 Å². The van der Waals surface area contributed by atoms with Crippen molar-refractivity contribution in [3.8, 4) is 29.4 Å². The van der Waals surface area contributed by atoms with E-state index in [4.69, 9.17) is 18.9 Å². The van der Waals surface area contributed by atoms with Crippen LogP contribution in [0.4, 0.5) is 0 Å². The molecule has 0 unspecified atom stereocenters. The summed E-state index contributed by atoms with van der Waals surface area (Å²) in [5.74, 6) is -0.321. The number of carbonyl (C=O) groups excluding carboxylic acids is 1. The Hall–Kier alpha value is -4.17. The Bertz CT molecular complexity index is 1260. The molecule has 0 aromatic heterocycles. The van der Waals surface area contributed by atoms with Crippen molar-refractivity contribution in [2.45, 2.75) is 44.4 Å². The summed E-state index contributed by atoms with van der Waals surface area (Å²) in [5, 5.41) is 21.3. The molecule has 2 aliphatic rings. The molecule has 2 heterocycles. The van der Waals surface area contributed by atoms with Gasteiger partial charge in [0.2, 0.25) is 5.75 Å². The van der Waals surface area contributed by atoms with Crippen molar-refractivity contribution in [1.82, 2.24) is 4.90 Å². The molecule has 0 spiro atoms. The Balaban J connectivity index is 2.02. The van der Waals surface area contributed by atoms with Gasteiger partial charge < -0.3 is 23.8 Å². The number of rotatable bonds is 5. The lowest BCUT2D eigenvalue weighted by molar-refractivity contribution is -0.160. The number of nitriles is 2. The molecule has 0 bridgehead atoms. The van der Waals surface area contributed by atoms with Gasteiger partial charge in [-0.3, -0.25) is 0 Å². The first-order valence-corrected chi connectivity index (χ1v) is 11.6. The highest BCUT2D eigenvalue weighted by molar-refractivity contribution is 5.81. The van der Waals surface area contributed by atoms with E-state index in [1.807, 2.05) is 30.3 Å². The summed E-state index contributed by atoms with van der Waals surface area (Å²) in [6, 6.07) is 13.9. The molecule has 8 nitrogen and oxygen atoms in total. The fraction of sp³-hybridized carbons (Fsp3) is 0.393. The third kappa shape index (κ3) is 3.79. The molecule has 186 valence electrons. The highest BCUT2D eigenvalue weighted by atomic mass is 16.6. The van der Waals surface area contributed by atoms with Gasteiger partial charge in [0.15, 0.2) is 16.9 Å². The van der Waals surface area contributed by atoms with Gasteiger partial charge in [-0.15, -0.1) is 0 Å². The zero-order chi connectivity index (χ0) is 26.3. The molecule has 0 amide bonds.